The molecular formula is C12H10N4O. The molecule has 84 valence electrons. The summed E-state index contributed by atoms with van der Waals surface area (Å²) in [7, 11) is 0. The van der Waals surface area contributed by atoms with E-state index in [4.69, 9.17) is 0 Å². The smallest absolute Gasteiger partial charge is 0.267 e. The minimum absolute atomic E-state index is 0.0886. The van der Waals surface area contributed by atoms with Crippen LogP contribution in [0.25, 0.3) is 11.3 Å². The molecule has 0 unspecified atom stereocenters. The molecule has 3 rings (SSSR count). The summed E-state index contributed by atoms with van der Waals surface area (Å²) >= 11 is 0. The van der Waals surface area contributed by atoms with E-state index in [1.54, 1.807) is 17.1 Å². The lowest BCUT2D eigenvalue weighted by molar-refractivity contribution is 0.759. The van der Waals surface area contributed by atoms with E-state index in [1.807, 2.05) is 31.3 Å². The van der Waals surface area contributed by atoms with Gasteiger partial charge in [0.05, 0.1) is 5.69 Å². The van der Waals surface area contributed by atoms with Gasteiger partial charge in [-0.25, -0.2) is 4.98 Å². The average molecular weight is 226 g/mol. The Morgan fingerprint density at radius 2 is 1.94 bits per heavy atom. The molecule has 0 aliphatic heterocycles. The third-order valence-corrected chi connectivity index (χ3v) is 2.56. The SMILES string of the molecule is Cc1cc(=O)n2c(ccn2-c2ccncc2)n1. The zero-order chi connectivity index (χ0) is 11.8. The quantitative estimate of drug-likeness (QED) is 0.626. The number of aryl methyl sites for hydroxylation is 1. The highest BCUT2D eigenvalue weighted by Crippen LogP contribution is 2.07. The summed E-state index contributed by atoms with van der Waals surface area (Å²) in [6.07, 6.45) is 5.19. The van der Waals surface area contributed by atoms with Gasteiger partial charge in [-0.05, 0) is 19.1 Å². The van der Waals surface area contributed by atoms with E-state index in [0.717, 1.165) is 11.4 Å². The zero-order valence-electron chi connectivity index (χ0n) is 9.24. The Hall–Kier alpha value is -2.43. The molecule has 0 aromatic carbocycles. The molecule has 0 aliphatic carbocycles. The normalized spacial score (nSPS) is 10.9. The maximum Gasteiger partial charge on any atom is 0.273 e. The number of aromatic nitrogens is 4. The lowest BCUT2D eigenvalue weighted by Crippen LogP contribution is -2.19. The van der Waals surface area contributed by atoms with Gasteiger partial charge in [-0.2, -0.15) is 4.52 Å². The molecule has 3 heterocycles. The Morgan fingerprint density at radius 3 is 2.71 bits per heavy atom. The van der Waals surface area contributed by atoms with Gasteiger partial charge in [0.1, 0.15) is 0 Å². The van der Waals surface area contributed by atoms with Gasteiger partial charge in [0, 0.05) is 36.4 Å². The van der Waals surface area contributed by atoms with Gasteiger partial charge < -0.3 is 0 Å². The van der Waals surface area contributed by atoms with Gasteiger partial charge in [0.25, 0.3) is 5.56 Å². The van der Waals surface area contributed by atoms with Gasteiger partial charge in [-0.15, -0.1) is 0 Å². The molecule has 0 saturated heterocycles. The molecule has 5 heteroatoms. The van der Waals surface area contributed by atoms with Gasteiger partial charge in [-0.1, -0.05) is 0 Å². The van der Waals surface area contributed by atoms with Crippen molar-refractivity contribution in [3.63, 3.8) is 0 Å². The lowest BCUT2D eigenvalue weighted by Gasteiger charge is -2.05. The van der Waals surface area contributed by atoms with Crippen LogP contribution in [-0.2, 0) is 0 Å². The first-order valence-electron chi connectivity index (χ1n) is 5.24. The van der Waals surface area contributed by atoms with Crippen LogP contribution in [0, 0.1) is 6.92 Å². The summed E-state index contributed by atoms with van der Waals surface area (Å²) in [5, 5.41) is 0. The van der Waals surface area contributed by atoms with Crippen LogP contribution >= 0.6 is 0 Å². The number of nitrogens with zero attached hydrogens (tertiary/aromatic N) is 4. The van der Waals surface area contributed by atoms with E-state index in [2.05, 4.69) is 9.97 Å². The first-order valence-corrected chi connectivity index (χ1v) is 5.24. The Morgan fingerprint density at radius 1 is 1.18 bits per heavy atom. The van der Waals surface area contributed by atoms with Gasteiger partial charge in [0.2, 0.25) is 0 Å². The number of pyridine rings is 1. The Labute approximate surface area is 97.0 Å². The first-order chi connectivity index (χ1) is 8.25. The molecule has 5 nitrogen and oxygen atoms in total. The van der Waals surface area contributed by atoms with Gasteiger partial charge in [0.15, 0.2) is 5.65 Å². The van der Waals surface area contributed by atoms with Crippen molar-refractivity contribution < 1.29 is 0 Å². The summed E-state index contributed by atoms with van der Waals surface area (Å²) in [6, 6.07) is 7.01. The molecule has 3 aromatic rings. The van der Waals surface area contributed by atoms with Crippen molar-refractivity contribution in [2.75, 3.05) is 0 Å². The van der Waals surface area contributed by atoms with Crippen LogP contribution in [0.1, 0.15) is 5.69 Å². The Balaban J connectivity index is 2.37. The monoisotopic (exact) mass is 226 g/mol. The summed E-state index contributed by atoms with van der Waals surface area (Å²) < 4.78 is 3.29. The predicted molar refractivity (Wildman–Crippen MR) is 63.3 cm³/mol. The zero-order valence-corrected chi connectivity index (χ0v) is 9.24. The first kappa shape index (κ1) is 9.77. The Bertz CT molecular complexity index is 727. The summed E-state index contributed by atoms with van der Waals surface area (Å²) in [6.45, 7) is 1.81. The molecule has 0 radical (unpaired) electrons. The minimum atomic E-state index is -0.0886. The van der Waals surface area contributed by atoms with Crippen LogP contribution in [0.5, 0.6) is 0 Å². The fourth-order valence-electron chi connectivity index (χ4n) is 1.84. The fraction of sp³-hybridized carbons (Fsp3) is 0.0833. The van der Waals surface area contributed by atoms with Crippen LogP contribution in [0.2, 0.25) is 0 Å². The largest absolute Gasteiger partial charge is 0.273 e. The standard InChI is InChI=1S/C12H10N4O/c1-9-8-12(17)16-11(14-9)4-7-15(16)10-2-5-13-6-3-10/h2-8H,1H3. The molecule has 0 saturated carbocycles. The number of hydrogen-bond donors (Lipinski definition) is 0. The van der Waals surface area contributed by atoms with E-state index < -0.39 is 0 Å². The second kappa shape index (κ2) is 3.55. The number of hydrogen-bond acceptors (Lipinski definition) is 3. The highest BCUT2D eigenvalue weighted by Gasteiger charge is 2.05. The van der Waals surface area contributed by atoms with Crippen molar-refractivity contribution in [3.8, 4) is 5.69 Å². The Kier molecular flexibility index (Phi) is 2.04. The summed E-state index contributed by atoms with van der Waals surface area (Å²) in [4.78, 5) is 20.2. The fourth-order valence-corrected chi connectivity index (χ4v) is 1.84. The molecule has 0 amide bonds. The topological polar surface area (TPSA) is 52.2 Å². The molecule has 0 bridgehead atoms. The summed E-state index contributed by atoms with van der Waals surface area (Å²) in [5.41, 5.74) is 2.16. The maximum atomic E-state index is 11.9. The average Bonchev–Trinajstić information content (AvgIpc) is 2.74. The van der Waals surface area contributed by atoms with E-state index in [9.17, 15) is 4.79 Å². The molecule has 0 fully saturated rings. The summed E-state index contributed by atoms with van der Waals surface area (Å²) in [5.74, 6) is 0. The number of fused-ring (bicyclic) bond motifs is 1. The highest BCUT2D eigenvalue weighted by atomic mass is 16.1. The van der Waals surface area contributed by atoms with E-state index in [0.29, 0.717) is 5.65 Å². The van der Waals surface area contributed by atoms with Crippen LogP contribution in [0.15, 0.2) is 47.7 Å². The van der Waals surface area contributed by atoms with Gasteiger partial charge in [-0.3, -0.25) is 14.5 Å². The van der Waals surface area contributed by atoms with Crippen LogP contribution in [0.3, 0.4) is 0 Å². The third-order valence-electron chi connectivity index (χ3n) is 2.56. The van der Waals surface area contributed by atoms with Crippen molar-refractivity contribution in [1.82, 2.24) is 19.2 Å². The van der Waals surface area contributed by atoms with Crippen molar-refractivity contribution in [3.05, 3.63) is 58.9 Å². The molecular weight excluding hydrogens is 216 g/mol. The van der Waals surface area contributed by atoms with Crippen LogP contribution in [0.4, 0.5) is 0 Å². The van der Waals surface area contributed by atoms with E-state index in [-0.39, 0.29) is 5.56 Å². The second-order valence-corrected chi connectivity index (χ2v) is 3.77. The second-order valence-electron chi connectivity index (χ2n) is 3.77. The minimum Gasteiger partial charge on any atom is -0.267 e. The van der Waals surface area contributed by atoms with Crippen molar-refractivity contribution in [1.29, 1.82) is 0 Å². The van der Waals surface area contributed by atoms with E-state index >= 15 is 0 Å². The molecule has 17 heavy (non-hydrogen) atoms. The molecule has 0 atom stereocenters. The molecule has 0 N–H and O–H groups in total. The number of rotatable bonds is 1. The van der Waals surface area contributed by atoms with Crippen molar-refractivity contribution >= 4 is 5.65 Å². The third kappa shape index (κ3) is 1.52. The lowest BCUT2D eigenvalue weighted by atomic mass is 10.4. The van der Waals surface area contributed by atoms with Crippen molar-refractivity contribution in [2.24, 2.45) is 0 Å². The predicted octanol–water partition coefficient (Wildman–Crippen LogP) is 1.19. The molecule has 0 aliphatic rings. The van der Waals surface area contributed by atoms with Crippen LogP contribution < -0.4 is 5.56 Å². The van der Waals surface area contributed by atoms with Crippen LogP contribution in [-0.4, -0.2) is 19.2 Å². The van der Waals surface area contributed by atoms with E-state index in [1.165, 1.54) is 10.6 Å². The molecule has 3 aromatic heterocycles. The maximum absolute atomic E-state index is 11.9. The van der Waals surface area contributed by atoms with Crippen molar-refractivity contribution in [2.45, 2.75) is 6.92 Å². The van der Waals surface area contributed by atoms with Gasteiger partial charge >= 0.3 is 0 Å². The highest BCUT2D eigenvalue weighted by molar-refractivity contribution is 5.41. The molecule has 0 spiro atoms.